The number of anilines is 1. The monoisotopic (exact) mass is 568 g/mol. The van der Waals surface area contributed by atoms with Gasteiger partial charge in [0.2, 0.25) is 17.4 Å². The fourth-order valence-electron chi connectivity index (χ4n) is 4.44. The van der Waals surface area contributed by atoms with Crippen LogP contribution in [0.25, 0.3) is 20.8 Å². The summed E-state index contributed by atoms with van der Waals surface area (Å²) in [7, 11) is 3.19. The van der Waals surface area contributed by atoms with E-state index in [-0.39, 0.29) is 46.7 Å². The molecule has 0 bridgehead atoms. The van der Waals surface area contributed by atoms with Gasteiger partial charge in [-0.2, -0.15) is 18.2 Å². The van der Waals surface area contributed by atoms with Crippen LogP contribution in [0.5, 0.6) is 5.75 Å². The third kappa shape index (κ3) is 5.83. The van der Waals surface area contributed by atoms with Crippen molar-refractivity contribution in [2.24, 2.45) is 0 Å². The quantitative estimate of drug-likeness (QED) is 0.298. The predicted octanol–water partition coefficient (Wildman–Crippen LogP) is 4.44. The highest BCUT2D eigenvalue weighted by atomic mass is 32.1. The summed E-state index contributed by atoms with van der Waals surface area (Å²) in [4.78, 5) is 18.6. The Balaban J connectivity index is 1.43. The maximum atomic E-state index is 14.7. The summed E-state index contributed by atoms with van der Waals surface area (Å²) in [5.41, 5.74) is 0.450. The van der Waals surface area contributed by atoms with Crippen LogP contribution in [-0.2, 0) is 13.0 Å². The normalized spacial score (nSPS) is 18.4. The number of aromatic nitrogens is 3. The standard InChI is InChI=1S/C24H24F4N6O4S/c1-34-7-6-15(14(25)10-34)30-16-5-3-4-12-13(8-24(26,27)28)21(39-20(12)16)22-31-18(38-33-22)9-29-23(35)19-17(36-2)11-37-32-19/h3-5,11,14-15,30H,6-10H2,1-2H3,(H,29,35)/t14-,15+/m0/s1. The van der Waals surface area contributed by atoms with Crippen LogP contribution in [0.3, 0.4) is 0 Å². The number of carbonyl (C=O) groups excluding carboxylic acids is 1. The van der Waals surface area contributed by atoms with E-state index in [9.17, 15) is 22.4 Å². The topological polar surface area (TPSA) is 119 Å². The van der Waals surface area contributed by atoms with E-state index in [1.807, 2.05) is 11.9 Å². The van der Waals surface area contributed by atoms with Crippen molar-refractivity contribution >= 4 is 33.0 Å². The molecular weight excluding hydrogens is 544 g/mol. The molecule has 1 saturated heterocycles. The summed E-state index contributed by atoms with van der Waals surface area (Å²) < 4.78 is 71.0. The summed E-state index contributed by atoms with van der Waals surface area (Å²) in [6, 6.07) is 4.49. The van der Waals surface area contributed by atoms with Crippen LogP contribution in [-0.4, -0.2) is 71.7 Å². The Morgan fingerprint density at radius 1 is 1.31 bits per heavy atom. The van der Waals surface area contributed by atoms with Gasteiger partial charge in [-0.25, -0.2) is 4.39 Å². The average Bonchev–Trinajstić information content (AvgIpc) is 3.62. The molecule has 1 amide bonds. The number of carbonyl (C=O) groups is 1. The smallest absolute Gasteiger partial charge is 0.393 e. The van der Waals surface area contributed by atoms with Crippen LogP contribution in [0.15, 0.2) is 33.5 Å². The number of methoxy groups -OCH3 is 1. The lowest BCUT2D eigenvalue weighted by atomic mass is 10.0. The van der Waals surface area contributed by atoms with Gasteiger partial charge in [-0.1, -0.05) is 22.4 Å². The van der Waals surface area contributed by atoms with E-state index < -0.39 is 30.7 Å². The van der Waals surface area contributed by atoms with Crippen molar-refractivity contribution in [3.05, 3.63) is 41.6 Å². The number of fused-ring (bicyclic) bond motifs is 1. The molecule has 1 aliphatic rings. The van der Waals surface area contributed by atoms with Crippen LogP contribution < -0.4 is 15.4 Å². The van der Waals surface area contributed by atoms with E-state index in [1.165, 1.54) is 7.11 Å². The molecule has 208 valence electrons. The Hall–Kier alpha value is -3.72. The summed E-state index contributed by atoms with van der Waals surface area (Å²) in [5, 5.41) is 13.5. The van der Waals surface area contributed by atoms with Crippen molar-refractivity contribution in [3.63, 3.8) is 0 Å². The molecule has 1 fully saturated rings. The van der Waals surface area contributed by atoms with Crippen molar-refractivity contribution in [2.45, 2.75) is 37.8 Å². The first-order chi connectivity index (χ1) is 18.6. The van der Waals surface area contributed by atoms with Crippen LogP contribution >= 0.6 is 11.3 Å². The lowest BCUT2D eigenvalue weighted by molar-refractivity contribution is -0.126. The van der Waals surface area contributed by atoms with E-state index in [0.717, 1.165) is 17.6 Å². The van der Waals surface area contributed by atoms with Gasteiger partial charge >= 0.3 is 6.18 Å². The molecule has 0 radical (unpaired) electrons. The second-order valence-electron chi connectivity index (χ2n) is 9.13. The molecule has 15 heteroatoms. The summed E-state index contributed by atoms with van der Waals surface area (Å²) in [6.07, 6.45) is -5.12. The molecule has 39 heavy (non-hydrogen) atoms. The summed E-state index contributed by atoms with van der Waals surface area (Å²) in [6.45, 7) is 0.769. The number of hydrogen-bond acceptors (Lipinski definition) is 10. The van der Waals surface area contributed by atoms with Gasteiger partial charge in [0, 0.05) is 13.1 Å². The molecule has 3 aromatic heterocycles. The molecule has 2 atom stereocenters. The number of alkyl halides is 4. The zero-order valence-electron chi connectivity index (χ0n) is 20.8. The van der Waals surface area contributed by atoms with Gasteiger partial charge in [0.25, 0.3) is 5.91 Å². The number of nitrogens with one attached hydrogen (secondary N) is 2. The maximum Gasteiger partial charge on any atom is 0.393 e. The zero-order chi connectivity index (χ0) is 27.7. The largest absolute Gasteiger partial charge is 0.491 e. The first kappa shape index (κ1) is 26.9. The number of nitrogens with zero attached hydrogens (tertiary/aromatic N) is 4. The van der Waals surface area contributed by atoms with E-state index in [0.29, 0.717) is 28.7 Å². The van der Waals surface area contributed by atoms with Crippen LogP contribution in [0, 0.1) is 0 Å². The van der Waals surface area contributed by atoms with Crippen LogP contribution in [0.1, 0.15) is 28.4 Å². The first-order valence-corrected chi connectivity index (χ1v) is 12.7. The molecule has 10 nitrogen and oxygen atoms in total. The Morgan fingerprint density at radius 2 is 2.13 bits per heavy atom. The minimum atomic E-state index is -4.50. The van der Waals surface area contributed by atoms with Crippen molar-refractivity contribution in [2.75, 3.05) is 32.6 Å². The minimum absolute atomic E-state index is 0.00459. The lowest BCUT2D eigenvalue weighted by Crippen LogP contribution is -2.46. The Bertz CT molecular complexity index is 1470. The molecule has 4 aromatic rings. The number of likely N-dealkylation sites (tertiary alicyclic amines) is 1. The Kier molecular flexibility index (Phi) is 7.44. The van der Waals surface area contributed by atoms with Crippen molar-refractivity contribution in [3.8, 4) is 16.5 Å². The molecule has 0 spiro atoms. The second kappa shape index (κ2) is 10.8. The number of benzene rings is 1. The molecule has 0 unspecified atom stereocenters. The van der Waals surface area contributed by atoms with E-state index in [4.69, 9.17) is 13.8 Å². The Morgan fingerprint density at radius 3 is 2.87 bits per heavy atom. The van der Waals surface area contributed by atoms with Crippen molar-refractivity contribution in [1.29, 1.82) is 0 Å². The predicted molar refractivity (Wildman–Crippen MR) is 134 cm³/mol. The molecule has 5 rings (SSSR count). The zero-order valence-corrected chi connectivity index (χ0v) is 21.7. The second-order valence-corrected chi connectivity index (χ2v) is 10.1. The van der Waals surface area contributed by atoms with E-state index >= 15 is 0 Å². The minimum Gasteiger partial charge on any atom is -0.491 e. The molecular formula is C24H24F4N6O4S. The van der Waals surface area contributed by atoms with Gasteiger partial charge in [0.1, 0.15) is 6.17 Å². The number of amides is 1. The third-order valence-corrected chi connectivity index (χ3v) is 7.60. The molecule has 0 aliphatic carbocycles. The molecule has 4 heterocycles. The van der Waals surface area contributed by atoms with E-state index in [2.05, 4.69) is 25.9 Å². The van der Waals surface area contributed by atoms with Gasteiger partial charge in [0.15, 0.2) is 12.0 Å². The van der Waals surface area contributed by atoms with Gasteiger partial charge < -0.3 is 29.3 Å². The first-order valence-electron chi connectivity index (χ1n) is 11.9. The third-order valence-electron chi connectivity index (χ3n) is 6.32. The van der Waals surface area contributed by atoms with Gasteiger partial charge in [-0.15, -0.1) is 11.3 Å². The summed E-state index contributed by atoms with van der Waals surface area (Å²) >= 11 is 1.07. The molecule has 2 N–H and O–H groups in total. The van der Waals surface area contributed by atoms with Crippen LogP contribution in [0.2, 0.25) is 0 Å². The van der Waals surface area contributed by atoms with Crippen LogP contribution in [0.4, 0.5) is 23.2 Å². The number of hydrogen-bond donors (Lipinski definition) is 2. The number of piperidine rings is 1. The van der Waals surface area contributed by atoms with Gasteiger partial charge in [-0.3, -0.25) is 4.79 Å². The average molecular weight is 569 g/mol. The highest BCUT2D eigenvalue weighted by Gasteiger charge is 2.33. The number of halogens is 4. The molecule has 1 aliphatic heterocycles. The van der Waals surface area contributed by atoms with Crippen molar-refractivity contribution < 1.29 is 36.1 Å². The Labute approximate surface area is 223 Å². The number of rotatable bonds is 8. The SMILES string of the molecule is COc1conc1C(=O)NCc1nc(-c2sc3c(N[C@@H]4CCN(C)C[C@@H]4F)cccc3c2CC(F)(F)F)no1. The lowest BCUT2D eigenvalue weighted by Gasteiger charge is -2.33. The van der Waals surface area contributed by atoms with Crippen molar-refractivity contribution in [1.82, 2.24) is 25.5 Å². The highest BCUT2D eigenvalue weighted by Crippen LogP contribution is 2.43. The number of ether oxygens (including phenoxy) is 1. The van der Waals surface area contributed by atoms with E-state index in [1.54, 1.807) is 18.2 Å². The maximum absolute atomic E-state index is 14.7. The van der Waals surface area contributed by atoms with Gasteiger partial charge in [0.05, 0.1) is 41.4 Å². The fourth-order valence-corrected chi connectivity index (χ4v) is 5.67. The van der Waals surface area contributed by atoms with Gasteiger partial charge in [-0.05, 0) is 30.5 Å². The highest BCUT2D eigenvalue weighted by molar-refractivity contribution is 7.23. The number of thiophene rings is 1. The molecule has 1 aromatic carbocycles. The fraction of sp³-hybridized carbons (Fsp3) is 0.417. The molecule has 0 saturated carbocycles. The summed E-state index contributed by atoms with van der Waals surface area (Å²) in [5.74, 6) is -0.575.